The Morgan fingerprint density at radius 2 is 2.29 bits per heavy atom. The second-order valence-electron chi connectivity index (χ2n) is 5.63. The first-order valence-corrected chi connectivity index (χ1v) is 7.87. The van der Waals surface area contributed by atoms with Gasteiger partial charge in [0.05, 0.1) is 4.92 Å². The van der Waals surface area contributed by atoms with Crippen molar-refractivity contribution < 1.29 is 14.8 Å². The number of rotatable bonds is 4. The average Bonchev–Trinajstić information content (AvgIpc) is 2.40. The van der Waals surface area contributed by atoms with Crippen LogP contribution in [0, 0.1) is 19.6 Å². The van der Waals surface area contributed by atoms with Crippen LogP contribution < -0.4 is 5.32 Å². The van der Waals surface area contributed by atoms with Gasteiger partial charge < -0.3 is 10.4 Å². The molecule has 0 aromatic heterocycles. The lowest BCUT2D eigenvalue weighted by Crippen LogP contribution is -2.49. The van der Waals surface area contributed by atoms with E-state index in [1.807, 2.05) is 29.5 Å². The summed E-state index contributed by atoms with van der Waals surface area (Å²) in [4.78, 5) is 22.4. The highest BCUT2D eigenvalue weighted by Crippen LogP contribution is 2.38. The Labute approximate surface area is 136 Å². The van der Waals surface area contributed by atoms with Crippen molar-refractivity contribution in [2.24, 2.45) is 5.92 Å². The lowest BCUT2D eigenvalue weighted by atomic mass is 9.76. The molecule has 21 heavy (non-hydrogen) atoms. The zero-order valence-corrected chi connectivity index (χ0v) is 13.8. The van der Waals surface area contributed by atoms with Crippen molar-refractivity contribution in [1.82, 2.24) is 0 Å². The number of aliphatic carboxylic acids is 1. The highest BCUT2D eigenvalue weighted by atomic mass is 127. The summed E-state index contributed by atoms with van der Waals surface area (Å²) < 4.78 is 0.742. The molecule has 0 saturated heterocycles. The van der Waals surface area contributed by atoms with Crippen molar-refractivity contribution in [2.45, 2.75) is 38.1 Å². The maximum atomic E-state index is 11.7. The third-order valence-corrected chi connectivity index (χ3v) is 4.61. The molecule has 1 aromatic carbocycles. The second-order valence-corrected chi connectivity index (χ2v) is 6.88. The van der Waals surface area contributed by atoms with Crippen LogP contribution in [0.5, 0.6) is 0 Å². The smallest absolute Gasteiger partial charge is 0.329 e. The van der Waals surface area contributed by atoms with Crippen LogP contribution in [0.3, 0.4) is 0 Å². The van der Waals surface area contributed by atoms with Crippen LogP contribution in [0.15, 0.2) is 18.2 Å². The minimum absolute atomic E-state index is 0.0826. The SMILES string of the molecule is CC1CCCC(Nc2ccc(I)cc2[N+](=O)[O-])(C(=O)O)C1. The Morgan fingerprint density at radius 3 is 2.86 bits per heavy atom. The molecule has 1 fully saturated rings. The van der Waals surface area contributed by atoms with Gasteiger partial charge in [-0.05, 0) is 53.5 Å². The molecule has 2 unspecified atom stereocenters. The van der Waals surface area contributed by atoms with Crippen LogP contribution in [0.2, 0.25) is 0 Å². The zero-order valence-electron chi connectivity index (χ0n) is 11.6. The van der Waals surface area contributed by atoms with Gasteiger partial charge >= 0.3 is 5.97 Å². The molecule has 1 aliphatic rings. The van der Waals surface area contributed by atoms with E-state index in [1.165, 1.54) is 6.07 Å². The predicted octanol–water partition coefficient (Wildman–Crippen LogP) is 3.64. The fourth-order valence-corrected chi connectivity index (χ4v) is 3.41. The number of carboxylic acids is 1. The molecule has 0 amide bonds. The molecule has 0 aliphatic heterocycles. The maximum Gasteiger partial charge on any atom is 0.329 e. The van der Waals surface area contributed by atoms with Gasteiger partial charge in [0.2, 0.25) is 0 Å². The van der Waals surface area contributed by atoms with E-state index in [9.17, 15) is 20.0 Å². The number of benzene rings is 1. The van der Waals surface area contributed by atoms with Crippen molar-refractivity contribution in [2.75, 3.05) is 5.32 Å². The number of halogens is 1. The van der Waals surface area contributed by atoms with Crippen LogP contribution in [-0.4, -0.2) is 21.5 Å². The molecular weight excluding hydrogens is 387 g/mol. The minimum Gasteiger partial charge on any atom is -0.480 e. The van der Waals surface area contributed by atoms with Crippen molar-refractivity contribution in [3.8, 4) is 0 Å². The first-order valence-electron chi connectivity index (χ1n) is 6.79. The standard InChI is InChI=1S/C14H17IN2O4/c1-9-3-2-6-14(8-9,13(18)19)16-11-5-4-10(15)7-12(11)17(20)21/h4-5,7,9,16H,2-3,6,8H2,1H3,(H,18,19). The summed E-state index contributed by atoms with van der Waals surface area (Å²) in [6.07, 6.45) is 2.76. The van der Waals surface area contributed by atoms with E-state index in [1.54, 1.807) is 12.1 Å². The summed E-state index contributed by atoms with van der Waals surface area (Å²) >= 11 is 2.00. The van der Waals surface area contributed by atoms with E-state index in [-0.39, 0.29) is 17.3 Å². The molecule has 6 nitrogen and oxygen atoms in total. The number of nitro groups is 1. The summed E-state index contributed by atoms with van der Waals surface area (Å²) in [6.45, 7) is 2.01. The topological polar surface area (TPSA) is 92.5 Å². The van der Waals surface area contributed by atoms with E-state index in [2.05, 4.69) is 5.32 Å². The fourth-order valence-electron chi connectivity index (χ4n) is 2.93. The first kappa shape index (κ1) is 16.0. The molecule has 1 saturated carbocycles. The average molecular weight is 404 g/mol. The van der Waals surface area contributed by atoms with E-state index in [0.29, 0.717) is 12.8 Å². The molecule has 2 atom stereocenters. The Kier molecular flexibility index (Phi) is 4.70. The number of nitrogens with zero attached hydrogens (tertiary/aromatic N) is 1. The Morgan fingerprint density at radius 1 is 1.57 bits per heavy atom. The number of anilines is 1. The van der Waals surface area contributed by atoms with Crippen molar-refractivity contribution in [3.63, 3.8) is 0 Å². The highest BCUT2D eigenvalue weighted by molar-refractivity contribution is 14.1. The highest BCUT2D eigenvalue weighted by Gasteiger charge is 2.42. The molecule has 2 rings (SSSR count). The van der Waals surface area contributed by atoms with Crippen molar-refractivity contribution in [1.29, 1.82) is 0 Å². The van der Waals surface area contributed by atoms with Gasteiger partial charge in [0, 0.05) is 9.64 Å². The number of hydrogen-bond acceptors (Lipinski definition) is 4. The van der Waals surface area contributed by atoms with Gasteiger partial charge in [-0.15, -0.1) is 0 Å². The van der Waals surface area contributed by atoms with Crippen LogP contribution >= 0.6 is 22.6 Å². The Balaban J connectivity index is 2.38. The van der Waals surface area contributed by atoms with Crippen LogP contribution in [0.1, 0.15) is 32.6 Å². The summed E-state index contributed by atoms with van der Waals surface area (Å²) in [7, 11) is 0. The number of nitro benzene ring substituents is 1. The van der Waals surface area contributed by atoms with Crippen molar-refractivity contribution >= 4 is 39.9 Å². The first-order chi connectivity index (χ1) is 9.84. The van der Waals surface area contributed by atoms with Gasteiger partial charge in [-0.1, -0.05) is 19.8 Å². The van der Waals surface area contributed by atoms with Crippen molar-refractivity contribution in [3.05, 3.63) is 31.9 Å². The summed E-state index contributed by atoms with van der Waals surface area (Å²) in [5.41, 5.74) is -0.924. The molecule has 2 N–H and O–H groups in total. The fraction of sp³-hybridized carbons (Fsp3) is 0.500. The van der Waals surface area contributed by atoms with E-state index in [4.69, 9.17) is 0 Å². The van der Waals surface area contributed by atoms with Gasteiger partial charge in [-0.2, -0.15) is 0 Å². The van der Waals surface area contributed by atoms with Gasteiger partial charge in [0.25, 0.3) is 5.69 Å². The molecular formula is C14H17IN2O4. The van der Waals surface area contributed by atoms with Gasteiger partial charge in [-0.3, -0.25) is 10.1 Å². The predicted molar refractivity (Wildman–Crippen MR) is 87.4 cm³/mol. The number of nitrogens with one attached hydrogen (secondary N) is 1. The molecule has 114 valence electrons. The molecule has 0 radical (unpaired) electrons. The lowest BCUT2D eigenvalue weighted by molar-refractivity contribution is -0.384. The summed E-state index contributed by atoms with van der Waals surface area (Å²) in [6, 6.07) is 4.77. The Hall–Kier alpha value is -1.38. The third kappa shape index (κ3) is 3.45. The van der Waals surface area contributed by atoms with Gasteiger partial charge in [0.1, 0.15) is 11.2 Å². The molecule has 1 aromatic rings. The monoisotopic (exact) mass is 404 g/mol. The number of carbonyl (C=O) groups is 1. The molecule has 0 heterocycles. The number of carboxylic acid groups (broad SMARTS) is 1. The Bertz CT molecular complexity index is 578. The van der Waals surface area contributed by atoms with E-state index < -0.39 is 16.4 Å². The summed E-state index contributed by atoms with van der Waals surface area (Å²) in [5, 5.41) is 23.7. The number of hydrogen-bond donors (Lipinski definition) is 2. The maximum absolute atomic E-state index is 11.7. The molecule has 0 spiro atoms. The van der Waals surface area contributed by atoms with Crippen LogP contribution in [0.4, 0.5) is 11.4 Å². The zero-order chi connectivity index (χ0) is 15.6. The van der Waals surface area contributed by atoms with E-state index >= 15 is 0 Å². The molecule has 1 aliphatic carbocycles. The lowest BCUT2D eigenvalue weighted by Gasteiger charge is -2.37. The summed E-state index contributed by atoms with van der Waals surface area (Å²) in [5.74, 6) is -0.660. The molecule has 0 bridgehead atoms. The van der Waals surface area contributed by atoms with Crippen LogP contribution in [0.25, 0.3) is 0 Å². The third-order valence-electron chi connectivity index (χ3n) is 3.94. The second kappa shape index (κ2) is 6.17. The quantitative estimate of drug-likeness (QED) is 0.454. The van der Waals surface area contributed by atoms with Gasteiger partial charge in [-0.25, -0.2) is 4.79 Å². The molecule has 7 heteroatoms. The van der Waals surface area contributed by atoms with Gasteiger partial charge in [0.15, 0.2) is 0 Å². The normalized spacial score (nSPS) is 25.3. The van der Waals surface area contributed by atoms with E-state index in [0.717, 1.165) is 16.4 Å². The van der Waals surface area contributed by atoms with Crippen LogP contribution in [-0.2, 0) is 4.79 Å². The minimum atomic E-state index is -1.12. The largest absolute Gasteiger partial charge is 0.480 e.